The van der Waals surface area contributed by atoms with Crippen molar-refractivity contribution in [2.24, 2.45) is 11.8 Å². The molecule has 1 aromatic heterocycles. The molecule has 4 rings (SSSR count). The van der Waals surface area contributed by atoms with Crippen LogP contribution < -0.4 is 10.1 Å². The first-order chi connectivity index (χ1) is 16.4. The first-order valence-corrected chi connectivity index (χ1v) is 12.0. The van der Waals surface area contributed by atoms with E-state index in [1.165, 1.54) is 12.8 Å². The van der Waals surface area contributed by atoms with Gasteiger partial charge in [0, 0.05) is 49.2 Å². The van der Waals surface area contributed by atoms with Crippen molar-refractivity contribution in [3.05, 3.63) is 53.9 Å². The van der Waals surface area contributed by atoms with E-state index in [-0.39, 0.29) is 36.5 Å². The lowest BCUT2D eigenvalue weighted by Crippen LogP contribution is -2.50. The van der Waals surface area contributed by atoms with Crippen molar-refractivity contribution in [1.82, 2.24) is 14.8 Å². The summed E-state index contributed by atoms with van der Waals surface area (Å²) in [4.78, 5) is 34.1. The molecule has 0 unspecified atom stereocenters. The minimum Gasteiger partial charge on any atom is -0.488 e. The molecule has 0 bridgehead atoms. The molecule has 1 aliphatic carbocycles. The standard InChI is InChI=1S/C26H34N4O4/c1-17-13-30(18(2)16-31)26(33)22-12-21(28-25(32)20-8-10-27-11-9-20)6-7-23(22)34-24(17)15-29(3)14-19-4-5-19/h6-12,17-19,24,31H,4-5,13-16H2,1-3H3,(H,28,32)/t17-,18+,24-/m0/s1. The smallest absolute Gasteiger partial charge is 0.258 e. The Kier molecular flexibility index (Phi) is 7.48. The number of likely N-dealkylation sites (N-methyl/N-ethyl adjacent to an activating group) is 1. The van der Waals surface area contributed by atoms with E-state index in [9.17, 15) is 14.7 Å². The van der Waals surface area contributed by atoms with Crippen LogP contribution in [-0.2, 0) is 0 Å². The molecule has 0 radical (unpaired) electrons. The fourth-order valence-corrected chi connectivity index (χ4v) is 4.35. The average Bonchev–Trinajstić information content (AvgIpc) is 3.65. The van der Waals surface area contributed by atoms with Crippen molar-refractivity contribution in [2.45, 2.75) is 38.8 Å². The fourth-order valence-electron chi connectivity index (χ4n) is 4.35. The van der Waals surface area contributed by atoms with E-state index >= 15 is 0 Å². The summed E-state index contributed by atoms with van der Waals surface area (Å²) < 4.78 is 6.43. The molecule has 3 atom stereocenters. The molecule has 1 aliphatic heterocycles. The normalized spacial score (nSPS) is 21.3. The third-order valence-corrected chi connectivity index (χ3v) is 6.62. The molecule has 0 spiro atoms. The lowest BCUT2D eigenvalue weighted by atomic mass is 9.99. The maximum absolute atomic E-state index is 13.5. The maximum atomic E-state index is 13.5. The van der Waals surface area contributed by atoms with E-state index in [2.05, 4.69) is 29.2 Å². The number of rotatable bonds is 8. The van der Waals surface area contributed by atoms with Gasteiger partial charge in [-0.25, -0.2) is 0 Å². The Hall–Kier alpha value is -2.97. The van der Waals surface area contributed by atoms with Gasteiger partial charge in [-0.1, -0.05) is 6.92 Å². The molecule has 1 aromatic carbocycles. The van der Waals surface area contributed by atoms with Crippen molar-refractivity contribution < 1.29 is 19.4 Å². The second-order valence-electron chi connectivity index (χ2n) is 9.69. The number of anilines is 1. The number of aliphatic hydroxyl groups excluding tert-OH is 1. The molecule has 182 valence electrons. The van der Waals surface area contributed by atoms with Crippen LogP contribution in [0.5, 0.6) is 5.75 Å². The van der Waals surface area contributed by atoms with E-state index in [1.807, 2.05) is 6.92 Å². The van der Waals surface area contributed by atoms with Crippen LogP contribution in [0.1, 0.15) is 47.4 Å². The molecule has 8 heteroatoms. The summed E-state index contributed by atoms with van der Waals surface area (Å²) in [6, 6.07) is 8.10. The summed E-state index contributed by atoms with van der Waals surface area (Å²) in [5.41, 5.74) is 1.37. The van der Waals surface area contributed by atoms with Gasteiger partial charge in [0.15, 0.2) is 0 Å². The zero-order chi connectivity index (χ0) is 24.2. The van der Waals surface area contributed by atoms with Crippen LogP contribution in [0.25, 0.3) is 0 Å². The van der Waals surface area contributed by atoms with Crippen LogP contribution in [0.4, 0.5) is 5.69 Å². The molecule has 2 aliphatic rings. The highest BCUT2D eigenvalue weighted by Crippen LogP contribution is 2.32. The topological polar surface area (TPSA) is 95.0 Å². The first-order valence-electron chi connectivity index (χ1n) is 12.0. The maximum Gasteiger partial charge on any atom is 0.258 e. The number of carbonyl (C=O) groups excluding carboxylic acids is 2. The van der Waals surface area contributed by atoms with E-state index in [0.29, 0.717) is 29.1 Å². The summed E-state index contributed by atoms with van der Waals surface area (Å²) >= 11 is 0. The second kappa shape index (κ2) is 10.5. The Morgan fingerprint density at radius 1 is 1.26 bits per heavy atom. The van der Waals surface area contributed by atoms with Crippen LogP contribution in [0, 0.1) is 11.8 Å². The van der Waals surface area contributed by atoms with Crippen molar-refractivity contribution in [3.63, 3.8) is 0 Å². The molecule has 0 saturated heterocycles. The molecule has 34 heavy (non-hydrogen) atoms. The highest BCUT2D eigenvalue weighted by Gasteiger charge is 2.34. The van der Waals surface area contributed by atoms with Crippen molar-refractivity contribution in [2.75, 3.05) is 38.6 Å². The van der Waals surface area contributed by atoms with Crippen LogP contribution in [0.15, 0.2) is 42.7 Å². The molecular formula is C26H34N4O4. The second-order valence-corrected chi connectivity index (χ2v) is 9.69. The van der Waals surface area contributed by atoms with Crippen LogP contribution in [0.2, 0.25) is 0 Å². The minimum absolute atomic E-state index is 0.0822. The van der Waals surface area contributed by atoms with E-state index in [4.69, 9.17) is 4.74 Å². The summed E-state index contributed by atoms with van der Waals surface area (Å²) in [6.45, 7) is 6.10. The summed E-state index contributed by atoms with van der Waals surface area (Å²) in [5.74, 6) is 0.862. The predicted octanol–water partition coefficient (Wildman–Crippen LogP) is 2.90. The third-order valence-electron chi connectivity index (χ3n) is 6.62. The molecule has 2 heterocycles. The van der Waals surface area contributed by atoms with E-state index in [0.717, 1.165) is 19.0 Å². The predicted molar refractivity (Wildman–Crippen MR) is 130 cm³/mol. The lowest BCUT2D eigenvalue weighted by molar-refractivity contribution is 0.0344. The highest BCUT2D eigenvalue weighted by atomic mass is 16.5. The van der Waals surface area contributed by atoms with Crippen LogP contribution in [0.3, 0.4) is 0 Å². The SMILES string of the molecule is C[C@H](CO)N1C[C@H](C)[C@H](CN(C)CC2CC2)Oc2ccc(NC(=O)c3ccncc3)cc2C1=O. The van der Waals surface area contributed by atoms with Gasteiger partial charge in [0.25, 0.3) is 11.8 Å². The summed E-state index contributed by atoms with van der Waals surface area (Å²) in [7, 11) is 2.12. The van der Waals surface area contributed by atoms with Crippen LogP contribution >= 0.6 is 0 Å². The zero-order valence-corrected chi connectivity index (χ0v) is 20.1. The quantitative estimate of drug-likeness (QED) is 0.621. The number of ether oxygens (including phenoxy) is 1. The first kappa shape index (κ1) is 24.2. The highest BCUT2D eigenvalue weighted by molar-refractivity contribution is 6.05. The van der Waals surface area contributed by atoms with Gasteiger partial charge in [-0.15, -0.1) is 0 Å². The van der Waals surface area contributed by atoms with Gasteiger partial charge in [-0.2, -0.15) is 0 Å². The van der Waals surface area contributed by atoms with Gasteiger partial charge in [-0.3, -0.25) is 14.6 Å². The Morgan fingerprint density at radius 3 is 2.68 bits per heavy atom. The van der Waals surface area contributed by atoms with Crippen molar-refractivity contribution in [1.29, 1.82) is 0 Å². The molecule has 2 amide bonds. The third kappa shape index (κ3) is 5.74. The number of pyridine rings is 1. The molecule has 8 nitrogen and oxygen atoms in total. The molecule has 2 aromatic rings. The number of amides is 2. The number of aromatic nitrogens is 1. The monoisotopic (exact) mass is 466 g/mol. The van der Waals surface area contributed by atoms with Gasteiger partial charge < -0.3 is 25.0 Å². The fraction of sp³-hybridized carbons (Fsp3) is 0.500. The molecule has 1 saturated carbocycles. The lowest BCUT2D eigenvalue weighted by Gasteiger charge is -2.38. The number of benzene rings is 1. The Labute approximate surface area is 200 Å². The molecule has 2 N–H and O–H groups in total. The number of nitrogens with one attached hydrogen (secondary N) is 1. The molecule has 1 fully saturated rings. The van der Waals surface area contributed by atoms with Gasteiger partial charge in [-0.05, 0) is 63.1 Å². The van der Waals surface area contributed by atoms with Gasteiger partial charge in [0.1, 0.15) is 11.9 Å². The molecular weight excluding hydrogens is 432 g/mol. The van der Waals surface area contributed by atoms with E-state index in [1.54, 1.807) is 47.6 Å². The Balaban J connectivity index is 1.61. The number of hydrogen-bond acceptors (Lipinski definition) is 6. The number of aliphatic hydroxyl groups is 1. The Bertz CT molecular complexity index is 1010. The summed E-state index contributed by atoms with van der Waals surface area (Å²) in [5, 5.41) is 12.7. The summed E-state index contributed by atoms with van der Waals surface area (Å²) in [6.07, 6.45) is 5.59. The van der Waals surface area contributed by atoms with Gasteiger partial charge in [0.05, 0.1) is 18.2 Å². The number of nitrogens with zero attached hydrogens (tertiary/aromatic N) is 3. The zero-order valence-electron chi connectivity index (χ0n) is 20.1. The van der Waals surface area contributed by atoms with Gasteiger partial charge >= 0.3 is 0 Å². The average molecular weight is 467 g/mol. The Morgan fingerprint density at radius 2 is 2.00 bits per heavy atom. The number of fused-ring (bicyclic) bond motifs is 1. The number of hydrogen-bond donors (Lipinski definition) is 2. The number of carbonyl (C=O) groups is 2. The van der Waals surface area contributed by atoms with E-state index < -0.39 is 0 Å². The van der Waals surface area contributed by atoms with Gasteiger partial charge in [0.2, 0.25) is 0 Å². The minimum atomic E-state index is -0.333. The van der Waals surface area contributed by atoms with Crippen molar-refractivity contribution >= 4 is 17.5 Å². The van der Waals surface area contributed by atoms with Crippen LogP contribution in [-0.4, -0.2) is 77.1 Å². The largest absolute Gasteiger partial charge is 0.488 e. The van der Waals surface area contributed by atoms with Crippen molar-refractivity contribution in [3.8, 4) is 5.75 Å².